The molecule has 122 valence electrons. The molecule has 3 rings (SSSR count). The average molecular weight is 324 g/mol. The van der Waals surface area contributed by atoms with E-state index in [1.165, 1.54) is 19.9 Å². The van der Waals surface area contributed by atoms with Gasteiger partial charge in [-0.3, -0.25) is 0 Å². The Morgan fingerprint density at radius 3 is 2.08 bits per heavy atom. The van der Waals surface area contributed by atoms with Gasteiger partial charge >= 0.3 is 11.9 Å². The second-order valence-corrected chi connectivity index (χ2v) is 5.88. The molecule has 1 heterocycles. The lowest BCUT2D eigenvalue weighted by Crippen LogP contribution is -2.41. The summed E-state index contributed by atoms with van der Waals surface area (Å²) >= 11 is 0. The summed E-state index contributed by atoms with van der Waals surface area (Å²) in [5, 5.41) is 9.88. The zero-order chi connectivity index (χ0) is 17.3. The first-order chi connectivity index (χ1) is 11.4. The highest BCUT2D eigenvalue weighted by Gasteiger charge is 2.38. The molecule has 0 aliphatic carbocycles. The Labute approximate surface area is 139 Å². The summed E-state index contributed by atoms with van der Waals surface area (Å²) in [6.07, 6.45) is 1.43. The first-order valence-electron chi connectivity index (χ1n) is 7.42. The van der Waals surface area contributed by atoms with Crippen LogP contribution in [0.2, 0.25) is 0 Å². The van der Waals surface area contributed by atoms with E-state index in [1.807, 2.05) is 6.07 Å². The molecule has 0 spiro atoms. The number of para-hydroxylation sites is 1. The Balaban J connectivity index is 1.88. The van der Waals surface area contributed by atoms with Gasteiger partial charge in [0.15, 0.2) is 0 Å². The van der Waals surface area contributed by atoms with Gasteiger partial charge in [0.1, 0.15) is 11.3 Å². The number of benzene rings is 2. The van der Waals surface area contributed by atoms with E-state index in [2.05, 4.69) is 0 Å². The van der Waals surface area contributed by atoms with Crippen molar-refractivity contribution < 1.29 is 24.2 Å². The molecule has 5 nitrogen and oxygen atoms in total. The maximum absolute atomic E-state index is 11.9. The van der Waals surface area contributed by atoms with Crippen LogP contribution in [-0.4, -0.2) is 22.8 Å². The molecule has 0 bridgehead atoms. The van der Waals surface area contributed by atoms with Gasteiger partial charge in [-0.25, -0.2) is 9.59 Å². The lowest BCUT2D eigenvalue weighted by molar-refractivity contribution is -0.222. The van der Waals surface area contributed by atoms with Gasteiger partial charge in [0.25, 0.3) is 5.79 Å². The van der Waals surface area contributed by atoms with Gasteiger partial charge in [0.2, 0.25) is 0 Å². The minimum Gasteiger partial charge on any atom is -0.507 e. The van der Waals surface area contributed by atoms with Gasteiger partial charge in [-0.15, -0.1) is 0 Å². The van der Waals surface area contributed by atoms with E-state index < -0.39 is 17.7 Å². The molecule has 5 heteroatoms. The van der Waals surface area contributed by atoms with Crippen LogP contribution in [0.1, 0.15) is 19.4 Å². The molecule has 0 unspecified atom stereocenters. The normalized spacial score (nSPS) is 16.3. The highest BCUT2D eigenvalue weighted by Crippen LogP contribution is 2.29. The Hall–Kier alpha value is -3.08. The molecule has 1 aliphatic heterocycles. The molecule has 0 saturated carbocycles. The molecule has 0 aromatic heterocycles. The van der Waals surface area contributed by atoms with Crippen molar-refractivity contribution in [1.29, 1.82) is 0 Å². The molecule has 24 heavy (non-hydrogen) atoms. The number of cyclic esters (lactones) is 2. The third kappa shape index (κ3) is 3.15. The van der Waals surface area contributed by atoms with Crippen LogP contribution in [0.4, 0.5) is 0 Å². The number of carbonyl (C=O) groups excluding carboxylic acids is 2. The van der Waals surface area contributed by atoms with Gasteiger partial charge in [0, 0.05) is 19.4 Å². The van der Waals surface area contributed by atoms with Crippen molar-refractivity contribution in [1.82, 2.24) is 0 Å². The first kappa shape index (κ1) is 15.8. The molecule has 1 N–H and O–H groups in total. The molecule has 1 fully saturated rings. The quantitative estimate of drug-likeness (QED) is 0.521. The number of hydrogen-bond donors (Lipinski definition) is 1. The number of esters is 2. The number of aromatic hydroxyl groups is 1. The van der Waals surface area contributed by atoms with Gasteiger partial charge in [-0.05, 0) is 23.3 Å². The van der Waals surface area contributed by atoms with Crippen LogP contribution >= 0.6 is 0 Å². The van der Waals surface area contributed by atoms with E-state index in [-0.39, 0.29) is 11.3 Å². The highest BCUT2D eigenvalue weighted by atomic mass is 16.7. The van der Waals surface area contributed by atoms with Gasteiger partial charge in [-0.1, -0.05) is 42.5 Å². The summed E-state index contributed by atoms with van der Waals surface area (Å²) < 4.78 is 10.1. The van der Waals surface area contributed by atoms with Crippen molar-refractivity contribution in [2.24, 2.45) is 0 Å². The molecule has 2 aromatic carbocycles. The number of ether oxygens (including phenoxy) is 2. The third-order valence-corrected chi connectivity index (χ3v) is 3.55. The minimum atomic E-state index is -1.25. The molecule has 2 aromatic rings. The van der Waals surface area contributed by atoms with Gasteiger partial charge in [-0.2, -0.15) is 0 Å². The number of carbonyl (C=O) groups is 2. The maximum atomic E-state index is 11.9. The summed E-state index contributed by atoms with van der Waals surface area (Å²) in [7, 11) is 0. The van der Waals surface area contributed by atoms with Crippen LogP contribution in [-0.2, 0) is 19.1 Å². The van der Waals surface area contributed by atoms with Crippen LogP contribution in [0.5, 0.6) is 5.75 Å². The summed E-state index contributed by atoms with van der Waals surface area (Å²) in [6.45, 7) is 3.00. The molecule has 0 radical (unpaired) electrons. The van der Waals surface area contributed by atoms with Crippen molar-refractivity contribution in [3.63, 3.8) is 0 Å². The highest BCUT2D eigenvalue weighted by molar-refractivity contribution is 6.18. The fraction of sp³-hybridized carbons (Fsp3) is 0.158. The van der Waals surface area contributed by atoms with Gasteiger partial charge in [0.05, 0.1) is 0 Å². The van der Waals surface area contributed by atoms with Crippen LogP contribution in [0.25, 0.3) is 17.2 Å². The summed E-state index contributed by atoms with van der Waals surface area (Å²) in [4.78, 5) is 23.9. The Morgan fingerprint density at radius 2 is 1.50 bits per heavy atom. The summed E-state index contributed by atoms with van der Waals surface area (Å²) in [5.41, 5.74) is 2.03. The van der Waals surface area contributed by atoms with Crippen LogP contribution in [0.15, 0.2) is 54.1 Å². The first-order valence-corrected chi connectivity index (χ1v) is 7.42. The Kier molecular flexibility index (Phi) is 3.85. The molecular formula is C19H16O5. The predicted molar refractivity (Wildman–Crippen MR) is 87.8 cm³/mol. The number of rotatable bonds is 2. The molecule has 1 aliphatic rings. The van der Waals surface area contributed by atoms with Crippen molar-refractivity contribution in [3.8, 4) is 16.9 Å². The maximum Gasteiger partial charge on any atom is 0.348 e. The molecule has 0 atom stereocenters. The van der Waals surface area contributed by atoms with Gasteiger partial charge < -0.3 is 14.6 Å². The topological polar surface area (TPSA) is 72.8 Å². The minimum absolute atomic E-state index is 0.148. The smallest absolute Gasteiger partial charge is 0.348 e. The number of hydrogen-bond acceptors (Lipinski definition) is 5. The lowest BCUT2D eigenvalue weighted by Gasteiger charge is -2.29. The summed E-state index contributed by atoms with van der Waals surface area (Å²) in [5.74, 6) is -2.48. The van der Waals surface area contributed by atoms with Crippen molar-refractivity contribution >= 4 is 18.0 Å². The second kappa shape index (κ2) is 5.85. The van der Waals surface area contributed by atoms with Crippen LogP contribution < -0.4 is 0 Å². The fourth-order valence-corrected chi connectivity index (χ4v) is 2.42. The van der Waals surface area contributed by atoms with E-state index in [4.69, 9.17) is 9.47 Å². The predicted octanol–water partition coefficient (Wildman–Crippen LogP) is 3.28. The zero-order valence-corrected chi connectivity index (χ0v) is 13.3. The number of phenolic OH excluding ortho intramolecular Hbond substituents is 1. The number of phenols is 1. The molecular weight excluding hydrogens is 308 g/mol. The Morgan fingerprint density at radius 1 is 0.917 bits per heavy atom. The lowest BCUT2D eigenvalue weighted by atomic mass is 10.0. The largest absolute Gasteiger partial charge is 0.507 e. The third-order valence-electron chi connectivity index (χ3n) is 3.55. The average Bonchev–Trinajstić information content (AvgIpc) is 2.51. The fourth-order valence-electron chi connectivity index (χ4n) is 2.42. The van der Waals surface area contributed by atoms with E-state index in [0.717, 1.165) is 5.56 Å². The van der Waals surface area contributed by atoms with Crippen LogP contribution in [0.3, 0.4) is 0 Å². The van der Waals surface area contributed by atoms with E-state index >= 15 is 0 Å². The zero-order valence-electron chi connectivity index (χ0n) is 13.3. The Bertz CT molecular complexity index is 809. The summed E-state index contributed by atoms with van der Waals surface area (Å²) in [6, 6.07) is 14.1. The SMILES string of the molecule is CC1(C)OC(=O)C(=Cc2ccc(-c3ccccc3O)cc2)C(=O)O1. The van der Waals surface area contributed by atoms with E-state index in [0.29, 0.717) is 11.1 Å². The molecule has 1 saturated heterocycles. The molecule has 0 amide bonds. The van der Waals surface area contributed by atoms with Crippen molar-refractivity contribution in [2.75, 3.05) is 0 Å². The second-order valence-electron chi connectivity index (χ2n) is 5.88. The van der Waals surface area contributed by atoms with E-state index in [1.54, 1.807) is 42.5 Å². The van der Waals surface area contributed by atoms with Crippen molar-refractivity contribution in [3.05, 3.63) is 59.7 Å². The van der Waals surface area contributed by atoms with E-state index in [9.17, 15) is 14.7 Å². The monoisotopic (exact) mass is 324 g/mol. The van der Waals surface area contributed by atoms with Crippen LogP contribution in [0, 0.1) is 0 Å². The van der Waals surface area contributed by atoms with Crippen molar-refractivity contribution in [2.45, 2.75) is 19.6 Å². The standard InChI is InChI=1S/C19H16O5/c1-19(2)23-17(21)15(18(22)24-19)11-12-7-9-13(10-8-12)14-5-3-4-6-16(14)20/h3-11,20H,1-2H3.